The lowest BCUT2D eigenvalue weighted by atomic mass is 9.96. The largest absolute Gasteiger partial charge is 0.497 e. The Morgan fingerprint density at radius 3 is 2.57 bits per heavy atom. The molecule has 2 heterocycles. The van der Waals surface area contributed by atoms with Crippen molar-refractivity contribution in [1.82, 2.24) is 20.3 Å². The number of ether oxygens (including phenoxy) is 2. The van der Waals surface area contributed by atoms with Crippen molar-refractivity contribution in [1.29, 1.82) is 0 Å². The highest BCUT2D eigenvalue weighted by atomic mass is 16.5. The van der Waals surface area contributed by atoms with E-state index < -0.39 is 0 Å². The van der Waals surface area contributed by atoms with Crippen LogP contribution in [0.15, 0.2) is 24.3 Å². The van der Waals surface area contributed by atoms with Crippen molar-refractivity contribution in [3.05, 3.63) is 41.2 Å². The first kappa shape index (κ1) is 18.9. The van der Waals surface area contributed by atoms with Gasteiger partial charge in [-0.2, -0.15) is 0 Å². The third kappa shape index (κ3) is 4.19. The predicted molar refractivity (Wildman–Crippen MR) is 104 cm³/mol. The molecule has 4 rings (SSSR count). The van der Waals surface area contributed by atoms with Gasteiger partial charge in [0.1, 0.15) is 11.9 Å². The number of aromatic nitrogens is 3. The summed E-state index contributed by atoms with van der Waals surface area (Å²) in [5, 5.41) is 11.5. The number of rotatable bonds is 4. The van der Waals surface area contributed by atoms with Crippen molar-refractivity contribution >= 4 is 5.91 Å². The summed E-state index contributed by atoms with van der Waals surface area (Å²) in [4.78, 5) is 12.8. The number of benzene rings is 1. The molecule has 1 aromatic carbocycles. The van der Waals surface area contributed by atoms with Gasteiger partial charge in [0.25, 0.3) is 5.91 Å². The van der Waals surface area contributed by atoms with E-state index in [1.54, 1.807) is 11.8 Å². The van der Waals surface area contributed by atoms with E-state index >= 15 is 0 Å². The second kappa shape index (κ2) is 8.73. The highest BCUT2D eigenvalue weighted by Gasteiger charge is 2.28. The molecule has 0 radical (unpaired) electrons. The van der Waals surface area contributed by atoms with E-state index in [1.807, 2.05) is 24.3 Å². The van der Waals surface area contributed by atoms with Gasteiger partial charge in [-0.15, -0.1) is 5.10 Å². The lowest BCUT2D eigenvalue weighted by Gasteiger charge is -2.25. The molecule has 1 atom stereocenters. The fourth-order valence-corrected chi connectivity index (χ4v) is 4.06. The average Bonchev–Trinajstić information content (AvgIpc) is 3.13. The van der Waals surface area contributed by atoms with Gasteiger partial charge in [-0.05, 0) is 30.5 Å². The second-order valence-corrected chi connectivity index (χ2v) is 7.66. The Hall–Kier alpha value is -2.41. The van der Waals surface area contributed by atoms with Crippen molar-refractivity contribution in [2.45, 2.75) is 70.2 Å². The first-order valence-electron chi connectivity index (χ1n) is 10.2. The van der Waals surface area contributed by atoms with Crippen LogP contribution < -0.4 is 10.1 Å². The summed E-state index contributed by atoms with van der Waals surface area (Å²) >= 11 is 0. The summed E-state index contributed by atoms with van der Waals surface area (Å²) < 4.78 is 13.0. The summed E-state index contributed by atoms with van der Waals surface area (Å²) in [6.45, 7) is 0.877. The maximum absolute atomic E-state index is 12.8. The monoisotopic (exact) mass is 384 g/mol. The minimum Gasteiger partial charge on any atom is -0.497 e. The van der Waals surface area contributed by atoms with E-state index in [9.17, 15) is 4.79 Å². The summed E-state index contributed by atoms with van der Waals surface area (Å²) in [5.41, 5.74) is 2.21. The Morgan fingerprint density at radius 1 is 1.14 bits per heavy atom. The van der Waals surface area contributed by atoms with Crippen molar-refractivity contribution < 1.29 is 14.3 Å². The lowest BCUT2D eigenvalue weighted by molar-refractivity contribution is -0.00180. The summed E-state index contributed by atoms with van der Waals surface area (Å²) in [7, 11) is 1.65. The van der Waals surface area contributed by atoms with Gasteiger partial charge in [-0.25, -0.2) is 4.68 Å². The van der Waals surface area contributed by atoms with E-state index in [-0.39, 0.29) is 18.1 Å². The molecule has 150 valence electrons. The Morgan fingerprint density at radius 2 is 1.86 bits per heavy atom. The van der Waals surface area contributed by atoms with Crippen LogP contribution in [0.2, 0.25) is 0 Å². The normalized spacial score (nSPS) is 20.7. The molecule has 2 aromatic rings. The Labute approximate surface area is 165 Å². The lowest BCUT2D eigenvalue weighted by Crippen LogP contribution is -2.36. The highest BCUT2D eigenvalue weighted by molar-refractivity contribution is 5.93. The number of carbonyl (C=O) groups is 1. The van der Waals surface area contributed by atoms with Crippen LogP contribution in [0, 0.1) is 0 Å². The Bertz CT molecular complexity index is 794. The van der Waals surface area contributed by atoms with Crippen LogP contribution in [-0.4, -0.2) is 34.1 Å². The molecule has 28 heavy (non-hydrogen) atoms. The first-order valence-corrected chi connectivity index (χ1v) is 10.2. The fourth-order valence-electron chi connectivity index (χ4n) is 4.06. The molecule has 1 amide bonds. The van der Waals surface area contributed by atoms with Crippen LogP contribution in [0.4, 0.5) is 0 Å². The third-order valence-corrected chi connectivity index (χ3v) is 5.74. The SMILES string of the molecule is COc1ccc([C@@H]2Cn3nnc(C(=O)NC4CCCCCCC4)c3CO2)cc1. The van der Waals surface area contributed by atoms with Crippen molar-refractivity contribution in [3.63, 3.8) is 0 Å². The van der Waals surface area contributed by atoms with Gasteiger partial charge in [0, 0.05) is 6.04 Å². The fraction of sp³-hybridized carbons (Fsp3) is 0.571. The molecule has 1 aromatic heterocycles. The second-order valence-electron chi connectivity index (χ2n) is 7.66. The number of hydrogen-bond acceptors (Lipinski definition) is 5. The van der Waals surface area contributed by atoms with Gasteiger partial charge in [0.15, 0.2) is 5.69 Å². The van der Waals surface area contributed by atoms with Crippen molar-refractivity contribution in [2.75, 3.05) is 7.11 Å². The van der Waals surface area contributed by atoms with Gasteiger partial charge in [0.2, 0.25) is 0 Å². The van der Waals surface area contributed by atoms with E-state index in [4.69, 9.17) is 9.47 Å². The molecule has 1 fully saturated rings. The molecule has 1 N–H and O–H groups in total. The molecule has 7 heteroatoms. The molecule has 1 aliphatic heterocycles. The van der Waals surface area contributed by atoms with Gasteiger partial charge in [-0.1, -0.05) is 49.5 Å². The summed E-state index contributed by atoms with van der Waals surface area (Å²) in [6, 6.07) is 8.07. The number of fused-ring (bicyclic) bond motifs is 1. The molecule has 2 aliphatic rings. The maximum Gasteiger partial charge on any atom is 0.274 e. The zero-order valence-corrected chi connectivity index (χ0v) is 16.4. The van der Waals surface area contributed by atoms with Crippen LogP contribution in [0.3, 0.4) is 0 Å². The molecule has 1 aliphatic carbocycles. The zero-order valence-electron chi connectivity index (χ0n) is 16.4. The molecule has 0 unspecified atom stereocenters. The van der Waals surface area contributed by atoms with E-state index in [1.165, 1.54) is 32.1 Å². The minimum atomic E-state index is -0.127. The van der Waals surface area contributed by atoms with Crippen molar-refractivity contribution in [3.8, 4) is 5.75 Å². The van der Waals surface area contributed by atoms with Crippen molar-refractivity contribution in [2.24, 2.45) is 0 Å². The molecule has 0 spiro atoms. The topological polar surface area (TPSA) is 78.3 Å². The zero-order chi connectivity index (χ0) is 19.3. The van der Waals surface area contributed by atoms with Crippen LogP contribution in [-0.2, 0) is 17.9 Å². The predicted octanol–water partition coefficient (Wildman–Crippen LogP) is 3.40. The molecule has 7 nitrogen and oxygen atoms in total. The number of hydrogen-bond donors (Lipinski definition) is 1. The highest BCUT2D eigenvalue weighted by Crippen LogP contribution is 2.28. The van der Waals surface area contributed by atoms with Gasteiger partial charge < -0.3 is 14.8 Å². The van der Waals surface area contributed by atoms with Crippen LogP contribution in [0.25, 0.3) is 0 Å². The van der Waals surface area contributed by atoms with Crippen LogP contribution in [0.1, 0.15) is 72.8 Å². The van der Waals surface area contributed by atoms with E-state index in [0.29, 0.717) is 18.8 Å². The van der Waals surface area contributed by atoms with Crippen LogP contribution in [0.5, 0.6) is 5.75 Å². The number of methoxy groups -OCH3 is 1. The smallest absolute Gasteiger partial charge is 0.274 e. The third-order valence-electron chi connectivity index (χ3n) is 5.74. The molecular formula is C21H28N4O3. The maximum atomic E-state index is 12.8. The van der Waals surface area contributed by atoms with Gasteiger partial charge >= 0.3 is 0 Å². The molecule has 0 saturated heterocycles. The number of carbonyl (C=O) groups excluding carboxylic acids is 1. The van der Waals surface area contributed by atoms with E-state index in [0.717, 1.165) is 29.8 Å². The van der Waals surface area contributed by atoms with Crippen LogP contribution >= 0.6 is 0 Å². The number of nitrogens with one attached hydrogen (secondary N) is 1. The van der Waals surface area contributed by atoms with Gasteiger partial charge in [-0.3, -0.25) is 4.79 Å². The molecule has 0 bridgehead atoms. The minimum absolute atomic E-state index is 0.110. The average molecular weight is 384 g/mol. The summed E-state index contributed by atoms with van der Waals surface area (Å²) in [6.07, 6.45) is 8.17. The molecular weight excluding hydrogens is 356 g/mol. The standard InChI is InChI=1S/C21H28N4O3/c1-27-17-11-9-15(10-12-17)19-13-25-18(14-28-19)20(23-24-25)21(26)22-16-7-5-3-2-4-6-8-16/h9-12,16,19H,2-8,13-14H2,1H3,(H,22,26)/t19-/m0/s1. The van der Waals surface area contributed by atoms with Gasteiger partial charge in [0.05, 0.1) is 26.0 Å². The van der Waals surface area contributed by atoms with E-state index in [2.05, 4.69) is 15.6 Å². The summed E-state index contributed by atoms with van der Waals surface area (Å²) in [5.74, 6) is 0.687. The molecule has 1 saturated carbocycles. The number of nitrogens with zero attached hydrogens (tertiary/aromatic N) is 3. The Balaban J connectivity index is 1.42. The quantitative estimate of drug-likeness (QED) is 0.874. The Kier molecular flexibility index (Phi) is 5.90. The number of amides is 1. The first-order chi connectivity index (χ1) is 13.7.